The second-order valence-corrected chi connectivity index (χ2v) is 10.3. The van der Waals surface area contributed by atoms with Gasteiger partial charge in [-0.1, -0.05) is 0 Å². The van der Waals surface area contributed by atoms with Gasteiger partial charge in [0.15, 0.2) is 9.84 Å². The Labute approximate surface area is 167 Å². The van der Waals surface area contributed by atoms with Gasteiger partial charge in [0, 0.05) is 28.4 Å². The van der Waals surface area contributed by atoms with E-state index < -0.39 is 9.84 Å². The van der Waals surface area contributed by atoms with Crippen molar-refractivity contribution in [3.63, 3.8) is 0 Å². The average Bonchev–Trinajstić information content (AvgIpc) is 3.32. The maximum atomic E-state index is 13.0. The monoisotopic (exact) mass is 420 g/mol. The molecular weight excluding hydrogens is 399 g/mol. The minimum absolute atomic E-state index is 0.00124. The number of aromatic nitrogens is 2. The summed E-state index contributed by atoms with van der Waals surface area (Å²) in [5, 5.41) is 2.81. The number of nitrogens with zero attached hydrogens (tertiary/aromatic N) is 2. The van der Waals surface area contributed by atoms with Crippen LogP contribution >= 0.6 is 11.3 Å². The number of benzene rings is 1. The third-order valence-electron chi connectivity index (χ3n) is 5.06. The summed E-state index contributed by atoms with van der Waals surface area (Å²) in [6.45, 7) is 4.34. The zero-order valence-electron chi connectivity index (χ0n) is 15.7. The molecule has 1 atom stereocenters. The molecule has 3 heterocycles. The van der Waals surface area contributed by atoms with Crippen LogP contribution in [0.25, 0.3) is 11.3 Å². The molecule has 4 rings (SSSR count). The van der Waals surface area contributed by atoms with E-state index in [0.717, 1.165) is 27.7 Å². The molecule has 0 unspecified atom stereocenters. The fraction of sp³-hybridized carbons (Fsp3) is 0.350. The number of thiazole rings is 1. The third kappa shape index (κ3) is 3.84. The second kappa shape index (κ2) is 7.33. The number of halogens is 1. The number of rotatable bonds is 5. The van der Waals surface area contributed by atoms with E-state index >= 15 is 0 Å². The van der Waals surface area contributed by atoms with Gasteiger partial charge in [0.2, 0.25) is 0 Å². The summed E-state index contributed by atoms with van der Waals surface area (Å²) in [4.78, 5) is 4.67. The molecular formula is C20H21FN2O3S2. The van der Waals surface area contributed by atoms with Crippen molar-refractivity contribution in [3.8, 4) is 17.0 Å². The Morgan fingerprint density at radius 3 is 2.71 bits per heavy atom. The van der Waals surface area contributed by atoms with Crippen molar-refractivity contribution in [2.45, 2.75) is 32.9 Å². The molecule has 3 aromatic rings. The molecule has 0 spiro atoms. The van der Waals surface area contributed by atoms with E-state index in [1.807, 2.05) is 19.2 Å². The van der Waals surface area contributed by atoms with E-state index in [9.17, 15) is 12.8 Å². The smallest absolute Gasteiger partial charge is 0.152 e. The van der Waals surface area contributed by atoms with Crippen LogP contribution in [-0.4, -0.2) is 29.5 Å². The first-order valence-electron chi connectivity index (χ1n) is 9.04. The molecule has 1 saturated heterocycles. The highest BCUT2D eigenvalue weighted by atomic mass is 32.2. The van der Waals surface area contributed by atoms with Gasteiger partial charge in [-0.15, -0.1) is 11.3 Å². The van der Waals surface area contributed by atoms with E-state index in [1.165, 1.54) is 23.5 Å². The van der Waals surface area contributed by atoms with Gasteiger partial charge < -0.3 is 9.30 Å². The maximum Gasteiger partial charge on any atom is 0.152 e. The Balaban J connectivity index is 1.52. The summed E-state index contributed by atoms with van der Waals surface area (Å²) in [5.41, 5.74) is 3.97. The van der Waals surface area contributed by atoms with Crippen LogP contribution in [0.4, 0.5) is 4.39 Å². The van der Waals surface area contributed by atoms with E-state index in [4.69, 9.17) is 4.74 Å². The van der Waals surface area contributed by atoms with E-state index in [2.05, 4.69) is 15.6 Å². The molecule has 148 valence electrons. The lowest BCUT2D eigenvalue weighted by Gasteiger charge is -2.16. The summed E-state index contributed by atoms with van der Waals surface area (Å²) >= 11 is 1.51. The van der Waals surface area contributed by atoms with Crippen molar-refractivity contribution < 1.29 is 17.5 Å². The standard InChI is InChI=1S/C20H21FN2O3S2/c1-13-9-18(14(2)23(13)16-7-8-28(24,25)12-16)19-11-27-20(22-19)10-26-17-5-3-15(21)4-6-17/h3-6,9,11,16H,7-8,10,12H2,1-2H3/t16-/m1/s1. The lowest BCUT2D eigenvalue weighted by atomic mass is 10.2. The minimum Gasteiger partial charge on any atom is -0.486 e. The normalized spacial score (nSPS) is 18.5. The van der Waals surface area contributed by atoms with Gasteiger partial charge in [-0.2, -0.15) is 0 Å². The molecule has 0 bridgehead atoms. The number of sulfone groups is 1. The predicted octanol–water partition coefficient (Wildman–Crippen LogP) is 4.31. The molecule has 28 heavy (non-hydrogen) atoms. The summed E-state index contributed by atoms with van der Waals surface area (Å²) in [6.07, 6.45) is 0.659. The average molecular weight is 421 g/mol. The van der Waals surface area contributed by atoms with Gasteiger partial charge in [-0.3, -0.25) is 0 Å². The van der Waals surface area contributed by atoms with E-state index in [0.29, 0.717) is 18.8 Å². The molecule has 1 aliphatic heterocycles. The van der Waals surface area contributed by atoms with Crippen LogP contribution < -0.4 is 4.74 Å². The summed E-state index contributed by atoms with van der Waals surface area (Å²) in [7, 11) is -2.94. The van der Waals surface area contributed by atoms with Gasteiger partial charge in [-0.25, -0.2) is 17.8 Å². The number of hydrogen-bond donors (Lipinski definition) is 0. The minimum atomic E-state index is -2.94. The Morgan fingerprint density at radius 2 is 2.04 bits per heavy atom. The predicted molar refractivity (Wildman–Crippen MR) is 108 cm³/mol. The van der Waals surface area contributed by atoms with Crippen molar-refractivity contribution in [2.24, 2.45) is 0 Å². The summed E-state index contributed by atoms with van der Waals surface area (Å²) < 4.78 is 44.5. The molecule has 1 aliphatic rings. The first kappa shape index (κ1) is 19.1. The van der Waals surface area contributed by atoms with Gasteiger partial charge in [0.05, 0.1) is 17.2 Å². The highest BCUT2D eigenvalue weighted by Crippen LogP contribution is 2.34. The van der Waals surface area contributed by atoms with Gasteiger partial charge in [-0.05, 0) is 50.6 Å². The van der Waals surface area contributed by atoms with Crippen LogP contribution in [0.5, 0.6) is 5.75 Å². The largest absolute Gasteiger partial charge is 0.486 e. The Morgan fingerprint density at radius 1 is 1.29 bits per heavy atom. The highest BCUT2D eigenvalue weighted by Gasteiger charge is 2.31. The molecule has 1 aromatic carbocycles. The molecule has 0 saturated carbocycles. The number of aryl methyl sites for hydroxylation is 1. The quantitative estimate of drug-likeness (QED) is 0.617. The lowest BCUT2D eigenvalue weighted by Crippen LogP contribution is -2.13. The number of hydrogen-bond acceptors (Lipinski definition) is 5. The van der Waals surface area contributed by atoms with Crippen LogP contribution in [0.15, 0.2) is 35.7 Å². The molecule has 2 aromatic heterocycles. The number of ether oxygens (including phenoxy) is 1. The fourth-order valence-electron chi connectivity index (χ4n) is 3.75. The van der Waals surface area contributed by atoms with Crippen molar-refractivity contribution in [2.75, 3.05) is 11.5 Å². The molecule has 0 amide bonds. The zero-order chi connectivity index (χ0) is 19.9. The van der Waals surface area contributed by atoms with Crippen molar-refractivity contribution in [1.29, 1.82) is 0 Å². The van der Waals surface area contributed by atoms with Gasteiger partial charge >= 0.3 is 0 Å². The van der Waals surface area contributed by atoms with Crippen LogP contribution in [0.2, 0.25) is 0 Å². The lowest BCUT2D eigenvalue weighted by molar-refractivity contribution is 0.305. The third-order valence-corrected chi connectivity index (χ3v) is 7.63. The van der Waals surface area contributed by atoms with Crippen LogP contribution in [-0.2, 0) is 16.4 Å². The van der Waals surface area contributed by atoms with E-state index in [-0.39, 0.29) is 23.4 Å². The van der Waals surface area contributed by atoms with Crippen LogP contribution in [0, 0.1) is 19.7 Å². The first-order valence-corrected chi connectivity index (χ1v) is 11.7. The molecule has 0 N–H and O–H groups in total. The Hall–Kier alpha value is -2.19. The van der Waals surface area contributed by atoms with Crippen molar-refractivity contribution in [1.82, 2.24) is 9.55 Å². The highest BCUT2D eigenvalue weighted by molar-refractivity contribution is 7.91. The van der Waals surface area contributed by atoms with Gasteiger partial charge in [0.1, 0.15) is 23.2 Å². The zero-order valence-corrected chi connectivity index (χ0v) is 17.3. The topological polar surface area (TPSA) is 61.2 Å². The van der Waals surface area contributed by atoms with Crippen LogP contribution in [0.3, 0.4) is 0 Å². The van der Waals surface area contributed by atoms with Crippen LogP contribution in [0.1, 0.15) is 28.9 Å². The van der Waals surface area contributed by atoms with E-state index in [1.54, 1.807) is 12.1 Å². The summed E-state index contributed by atoms with van der Waals surface area (Å²) in [5.74, 6) is 0.760. The molecule has 0 radical (unpaired) electrons. The maximum absolute atomic E-state index is 13.0. The Kier molecular flexibility index (Phi) is 5.01. The van der Waals surface area contributed by atoms with Crippen molar-refractivity contribution >= 4 is 21.2 Å². The second-order valence-electron chi connectivity index (χ2n) is 7.08. The van der Waals surface area contributed by atoms with Gasteiger partial charge in [0.25, 0.3) is 0 Å². The SMILES string of the molecule is Cc1cc(-c2csc(COc3ccc(F)cc3)n2)c(C)n1[C@@H]1CCS(=O)(=O)C1. The summed E-state index contributed by atoms with van der Waals surface area (Å²) in [6, 6.07) is 7.97. The molecule has 1 fully saturated rings. The Bertz CT molecular complexity index is 1100. The molecule has 8 heteroatoms. The molecule has 0 aliphatic carbocycles. The molecule has 5 nitrogen and oxygen atoms in total. The first-order chi connectivity index (χ1) is 13.3. The fourth-order valence-corrected chi connectivity index (χ4v) is 6.16. The van der Waals surface area contributed by atoms with Crippen molar-refractivity contribution in [3.05, 3.63) is 57.9 Å².